The molecule has 156 valence electrons. The van der Waals surface area contributed by atoms with Gasteiger partial charge in [0, 0.05) is 22.5 Å². The second-order valence-corrected chi connectivity index (χ2v) is 7.88. The van der Waals surface area contributed by atoms with E-state index in [1.165, 1.54) is 6.20 Å². The Bertz CT molecular complexity index is 1270. The van der Waals surface area contributed by atoms with Gasteiger partial charge in [0.15, 0.2) is 0 Å². The third-order valence-corrected chi connectivity index (χ3v) is 5.40. The molecule has 31 heavy (non-hydrogen) atoms. The molecule has 0 aliphatic heterocycles. The van der Waals surface area contributed by atoms with E-state index in [2.05, 4.69) is 20.6 Å². The van der Waals surface area contributed by atoms with Crippen molar-refractivity contribution in [3.05, 3.63) is 76.9 Å². The number of aromatic nitrogens is 4. The zero-order chi connectivity index (χ0) is 21.5. The molecule has 1 aliphatic carbocycles. The topological polar surface area (TPSA) is 85.8 Å². The summed E-state index contributed by atoms with van der Waals surface area (Å²) >= 11 is 5.92. The second-order valence-electron chi connectivity index (χ2n) is 7.45. The molecule has 7 nitrogen and oxygen atoms in total. The van der Waals surface area contributed by atoms with Crippen molar-refractivity contribution in [3.8, 4) is 17.1 Å². The highest BCUT2D eigenvalue weighted by atomic mass is 35.5. The molecule has 2 aromatic heterocycles. The van der Waals surface area contributed by atoms with Gasteiger partial charge < -0.3 is 9.84 Å². The van der Waals surface area contributed by atoms with Crippen LogP contribution < -0.4 is 5.32 Å². The highest BCUT2D eigenvalue weighted by Gasteiger charge is 2.43. The van der Waals surface area contributed by atoms with Crippen LogP contribution >= 0.6 is 11.6 Å². The minimum atomic E-state index is -0.907. The molecule has 1 N–H and O–H groups in total. The van der Waals surface area contributed by atoms with Crippen LogP contribution in [0.15, 0.2) is 59.4 Å². The number of amides is 1. The lowest BCUT2D eigenvalue weighted by Gasteiger charge is -2.08. The van der Waals surface area contributed by atoms with Gasteiger partial charge in [0.25, 0.3) is 5.91 Å². The lowest BCUT2D eigenvalue weighted by molar-refractivity contribution is 0.102. The quantitative estimate of drug-likeness (QED) is 0.476. The predicted octanol–water partition coefficient (Wildman–Crippen LogP) is 4.96. The van der Waals surface area contributed by atoms with Crippen molar-refractivity contribution in [1.82, 2.24) is 19.9 Å². The fraction of sp³-hybridized carbons (Fsp3) is 0.182. The summed E-state index contributed by atoms with van der Waals surface area (Å²) in [6, 6.07) is 12.6. The maximum atomic E-state index is 13.2. The number of carbonyl (C=O) groups excluding carboxylic acids is 1. The third-order valence-electron chi connectivity index (χ3n) is 5.15. The summed E-state index contributed by atoms with van der Waals surface area (Å²) in [5.41, 5.74) is 3.36. The zero-order valence-corrected chi connectivity index (χ0v) is 17.2. The van der Waals surface area contributed by atoms with Gasteiger partial charge in [0.1, 0.15) is 6.17 Å². The molecule has 1 amide bonds. The zero-order valence-electron chi connectivity index (χ0n) is 16.4. The van der Waals surface area contributed by atoms with E-state index in [1.807, 2.05) is 31.2 Å². The van der Waals surface area contributed by atoms with Crippen molar-refractivity contribution in [2.45, 2.75) is 25.4 Å². The Kier molecular flexibility index (Phi) is 4.78. The molecule has 2 atom stereocenters. The number of nitrogens with one attached hydrogen (secondary N) is 1. The van der Waals surface area contributed by atoms with E-state index < -0.39 is 6.17 Å². The summed E-state index contributed by atoms with van der Waals surface area (Å²) in [5.74, 6) is 0.0685. The summed E-state index contributed by atoms with van der Waals surface area (Å²) in [6.07, 6.45) is 2.65. The molecule has 0 spiro atoms. The number of anilines is 1. The van der Waals surface area contributed by atoms with E-state index >= 15 is 0 Å². The number of hydrogen-bond acceptors (Lipinski definition) is 5. The third kappa shape index (κ3) is 3.94. The average molecular weight is 438 g/mol. The minimum Gasteiger partial charge on any atom is -0.339 e. The molecule has 0 saturated heterocycles. The van der Waals surface area contributed by atoms with Gasteiger partial charge in [-0.2, -0.15) is 10.1 Å². The molecule has 1 saturated carbocycles. The molecule has 4 aromatic rings. The number of nitrogens with zero attached hydrogens (tertiary/aromatic N) is 4. The Balaban J connectivity index is 1.35. The second kappa shape index (κ2) is 7.63. The van der Waals surface area contributed by atoms with Crippen molar-refractivity contribution in [3.63, 3.8) is 0 Å². The molecule has 0 unspecified atom stereocenters. The van der Waals surface area contributed by atoms with E-state index in [4.69, 9.17) is 16.1 Å². The van der Waals surface area contributed by atoms with E-state index in [0.717, 1.165) is 11.3 Å². The molecule has 2 heterocycles. The van der Waals surface area contributed by atoms with E-state index in [9.17, 15) is 9.18 Å². The standard InChI is InChI=1S/C22H17ClFN5O2/c1-12-2-3-13(20-27-22(31-28-20)17-9-18(17)24)8-19(12)26-21(30)14-10-25-29(11-14)16-6-4-15(23)5-7-16/h2-8,10-11,17-18H,9H2,1H3,(H,26,30)/t17-,18-/m0/s1. The van der Waals surface area contributed by atoms with Crippen LogP contribution in [0.5, 0.6) is 0 Å². The maximum Gasteiger partial charge on any atom is 0.258 e. The summed E-state index contributed by atoms with van der Waals surface area (Å²) < 4.78 is 20.0. The van der Waals surface area contributed by atoms with E-state index in [1.54, 1.807) is 29.1 Å². The lowest BCUT2D eigenvalue weighted by Crippen LogP contribution is -2.12. The fourth-order valence-electron chi connectivity index (χ4n) is 3.19. The summed E-state index contributed by atoms with van der Waals surface area (Å²) in [6.45, 7) is 1.88. The van der Waals surface area contributed by atoms with Gasteiger partial charge in [-0.05, 0) is 49.2 Å². The summed E-state index contributed by atoms with van der Waals surface area (Å²) in [5, 5.41) is 11.7. The smallest absolute Gasteiger partial charge is 0.258 e. The number of rotatable bonds is 5. The van der Waals surface area contributed by atoms with Gasteiger partial charge in [-0.15, -0.1) is 0 Å². The van der Waals surface area contributed by atoms with Crippen LogP contribution in [0.25, 0.3) is 17.1 Å². The number of aryl methyl sites for hydroxylation is 1. The van der Waals surface area contributed by atoms with Crippen LogP contribution in [0, 0.1) is 6.92 Å². The van der Waals surface area contributed by atoms with Crippen molar-refractivity contribution >= 4 is 23.2 Å². The minimum absolute atomic E-state index is 0.299. The van der Waals surface area contributed by atoms with Crippen molar-refractivity contribution in [2.24, 2.45) is 0 Å². The van der Waals surface area contributed by atoms with Crippen LogP contribution in [0.1, 0.15) is 34.2 Å². The van der Waals surface area contributed by atoms with Crippen LogP contribution in [-0.4, -0.2) is 32.0 Å². The number of alkyl halides is 1. The SMILES string of the molecule is Cc1ccc(-c2noc([C@H]3C[C@@H]3F)n2)cc1NC(=O)c1cnn(-c2ccc(Cl)cc2)c1. The van der Waals surface area contributed by atoms with Crippen LogP contribution in [0.3, 0.4) is 0 Å². The van der Waals surface area contributed by atoms with Crippen molar-refractivity contribution < 1.29 is 13.7 Å². The Labute approximate surface area is 181 Å². The number of hydrogen-bond donors (Lipinski definition) is 1. The van der Waals surface area contributed by atoms with Gasteiger partial charge >= 0.3 is 0 Å². The highest BCUT2D eigenvalue weighted by Crippen LogP contribution is 2.43. The maximum absolute atomic E-state index is 13.2. The Hall–Kier alpha value is -3.52. The normalized spacial score (nSPS) is 17.5. The Morgan fingerprint density at radius 2 is 2.03 bits per heavy atom. The summed E-state index contributed by atoms with van der Waals surface area (Å²) in [4.78, 5) is 17.1. The number of benzene rings is 2. The summed E-state index contributed by atoms with van der Waals surface area (Å²) in [7, 11) is 0. The number of carbonyl (C=O) groups is 1. The van der Waals surface area contributed by atoms with Gasteiger partial charge in [0.2, 0.25) is 11.7 Å². The molecule has 2 aromatic carbocycles. The molecular formula is C22H17ClFN5O2. The first-order valence-electron chi connectivity index (χ1n) is 9.68. The molecule has 0 bridgehead atoms. The predicted molar refractivity (Wildman–Crippen MR) is 113 cm³/mol. The van der Waals surface area contributed by atoms with E-state index in [0.29, 0.717) is 40.0 Å². The molecule has 5 rings (SSSR count). The lowest BCUT2D eigenvalue weighted by atomic mass is 10.1. The Morgan fingerprint density at radius 3 is 2.77 bits per heavy atom. The van der Waals surface area contributed by atoms with Crippen LogP contribution in [-0.2, 0) is 0 Å². The first kappa shape index (κ1) is 19.4. The molecule has 9 heteroatoms. The average Bonchev–Trinajstić information content (AvgIpc) is 3.15. The van der Waals surface area contributed by atoms with Crippen molar-refractivity contribution in [2.75, 3.05) is 5.32 Å². The van der Waals surface area contributed by atoms with Gasteiger partial charge in [-0.1, -0.05) is 28.9 Å². The first-order chi connectivity index (χ1) is 15.0. The number of halogens is 2. The van der Waals surface area contributed by atoms with Gasteiger partial charge in [0.05, 0.1) is 23.4 Å². The monoisotopic (exact) mass is 437 g/mol. The van der Waals surface area contributed by atoms with Gasteiger partial charge in [-0.25, -0.2) is 9.07 Å². The fourth-order valence-corrected chi connectivity index (χ4v) is 3.31. The Morgan fingerprint density at radius 1 is 1.26 bits per heavy atom. The molecular weight excluding hydrogens is 421 g/mol. The largest absolute Gasteiger partial charge is 0.339 e. The molecule has 1 fully saturated rings. The molecule has 0 radical (unpaired) electrons. The van der Waals surface area contributed by atoms with Crippen molar-refractivity contribution in [1.29, 1.82) is 0 Å². The van der Waals surface area contributed by atoms with E-state index in [-0.39, 0.29) is 11.8 Å². The first-order valence-corrected chi connectivity index (χ1v) is 10.1. The molecule has 1 aliphatic rings. The highest BCUT2D eigenvalue weighted by molar-refractivity contribution is 6.30. The van der Waals surface area contributed by atoms with Crippen LogP contribution in [0.4, 0.5) is 10.1 Å². The van der Waals surface area contributed by atoms with Gasteiger partial charge in [-0.3, -0.25) is 4.79 Å². The van der Waals surface area contributed by atoms with Crippen LogP contribution in [0.2, 0.25) is 5.02 Å².